The molecule has 0 amide bonds. The van der Waals surface area contributed by atoms with E-state index in [9.17, 15) is 13.2 Å². The Morgan fingerprint density at radius 1 is 1.55 bits per heavy atom. The molecule has 1 aromatic rings. The van der Waals surface area contributed by atoms with Crippen molar-refractivity contribution < 1.29 is 23.1 Å². The zero-order chi connectivity index (χ0) is 14.8. The average molecular weight is 303 g/mol. The molecule has 1 aromatic heterocycles. The van der Waals surface area contributed by atoms with Gasteiger partial charge >= 0.3 is 5.97 Å². The maximum absolute atomic E-state index is 12.2. The minimum Gasteiger partial charge on any atom is -0.478 e. The smallest absolute Gasteiger partial charge is 0.340 e. The SMILES string of the molecule is CC(NS(=O)(=O)c1[nH]ncc1C(=O)O)C1CCOCC1. The van der Waals surface area contributed by atoms with Gasteiger partial charge < -0.3 is 9.84 Å². The van der Waals surface area contributed by atoms with Gasteiger partial charge in [-0.25, -0.2) is 17.9 Å². The largest absolute Gasteiger partial charge is 0.478 e. The van der Waals surface area contributed by atoms with Gasteiger partial charge in [0.05, 0.1) is 6.20 Å². The van der Waals surface area contributed by atoms with E-state index in [0.29, 0.717) is 13.2 Å². The molecule has 1 saturated heterocycles. The van der Waals surface area contributed by atoms with Gasteiger partial charge in [-0.1, -0.05) is 0 Å². The molecule has 0 aliphatic carbocycles. The third-order valence-electron chi connectivity index (χ3n) is 3.42. The van der Waals surface area contributed by atoms with Crippen LogP contribution >= 0.6 is 0 Å². The zero-order valence-corrected chi connectivity index (χ0v) is 11.8. The maximum atomic E-state index is 12.2. The van der Waals surface area contributed by atoms with Crippen molar-refractivity contribution in [2.24, 2.45) is 5.92 Å². The number of rotatable bonds is 5. The molecule has 0 spiro atoms. The lowest BCUT2D eigenvalue weighted by atomic mass is 9.94. The van der Waals surface area contributed by atoms with Crippen LogP contribution in [0.5, 0.6) is 0 Å². The Hall–Kier alpha value is -1.45. The Morgan fingerprint density at radius 3 is 2.80 bits per heavy atom. The summed E-state index contributed by atoms with van der Waals surface area (Å²) in [6.45, 7) is 2.99. The summed E-state index contributed by atoms with van der Waals surface area (Å²) in [7, 11) is -3.93. The molecule has 1 aliphatic rings. The fourth-order valence-corrected chi connectivity index (χ4v) is 3.65. The Morgan fingerprint density at radius 2 is 2.20 bits per heavy atom. The number of H-pyrrole nitrogens is 1. The highest BCUT2D eigenvalue weighted by Gasteiger charge is 2.29. The predicted molar refractivity (Wildman–Crippen MR) is 68.9 cm³/mol. The number of ether oxygens (including phenoxy) is 1. The lowest BCUT2D eigenvalue weighted by Crippen LogP contribution is -2.40. The first-order chi connectivity index (χ1) is 9.42. The van der Waals surface area contributed by atoms with Gasteiger partial charge in [0.1, 0.15) is 5.56 Å². The molecule has 0 saturated carbocycles. The first-order valence-electron chi connectivity index (χ1n) is 6.28. The fraction of sp³-hybridized carbons (Fsp3) is 0.636. The molecular weight excluding hydrogens is 286 g/mol. The summed E-state index contributed by atoms with van der Waals surface area (Å²) in [5, 5.41) is 14.2. The van der Waals surface area contributed by atoms with Crippen molar-refractivity contribution in [2.75, 3.05) is 13.2 Å². The van der Waals surface area contributed by atoms with Crippen LogP contribution in [-0.4, -0.2) is 48.9 Å². The van der Waals surface area contributed by atoms with Crippen LogP contribution in [0, 0.1) is 5.92 Å². The molecule has 8 nitrogen and oxygen atoms in total. The molecule has 9 heteroatoms. The van der Waals surface area contributed by atoms with Crippen molar-refractivity contribution >= 4 is 16.0 Å². The van der Waals surface area contributed by atoms with Crippen molar-refractivity contribution in [1.29, 1.82) is 0 Å². The van der Waals surface area contributed by atoms with Gasteiger partial charge in [0.25, 0.3) is 10.0 Å². The van der Waals surface area contributed by atoms with E-state index in [-0.39, 0.29) is 17.5 Å². The summed E-state index contributed by atoms with van der Waals surface area (Å²) in [6, 6.07) is -0.297. The first kappa shape index (κ1) is 14.9. The number of carbonyl (C=O) groups is 1. The quantitative estimate of drug-likeness (QED) is 0.714. The van der Waals surface area contributed by atoms with Gasteiger partial charge in [0, 0.05) is 19.3 Å². The molecule has 2 rings (SSSR count). The van der Waals surface area contributed by atoms with Crippen LogP contribution in [0.3, 0.4) is 0 Å². The number of sulfonamides is 1. The van der Waals surface area contributed by atoms with Crippen molar-refractivity contribution in [3.63, 3.8) is 0 Å². The van der Waals surface area contributed by atoms with Gasteiger partial charge in [-0.15, -0.1) is 0 Å². The van der Waals surface area contributed by atoms with E-state index in [4.69, 9.17) is 9.84 Å². The number of hydrogen-bond acceptors (Lipinski definition) is 5. The van der Waals surface area contributed by atoms with E-state index in [2.05, 4.69) is 14.9 Å². The standard InChI is InChI=1S/C11H17N3O5S/c1-7(8-2-4-19-5-3-8)14-20(17,18)10-9(11(15)16)6-12-13-10/h6-8,14H,2-5H2,1H3,(H,12,13)(H,15,16). The van der Waals surface area contributed by atoms with E-state index < -0.39 is 21.0 Å². The second-order valence-corrected chi connectivity index (χ2v) is 6.43. The highest BCUT2D eigenvalue weighted by molar-refractivity contribution is 7.89. The monoisotopic (exact) mass is 303 g/mol. The first-order valence-corrected chi connectivity index (χ1v) is 7.77. The van der Waals surface area contributed by atoms with Crippen molar-refractivity contribution in [1.82, 2.24) is 14.9 Å². The zero-order valence-electron chi connectivity index (χ0n) is 11.0. The van der Waals surface area contributed by atoms with Gasteiger partial charge in [0.2, 0.25) is 0 Å². The van der Waals surface area contributed by atoms with Crippen LogP contribution < -0.4 is 4.72 Å². The number of nitrogens with one attached hydrogen (secondary N) is 2. The van der Waals surface area contributed by atoms with E-state index in [1.54, 1.807) is 6.92 Å². The van der Waals surface area contributed by atoms with Gasteiger partial charge in [-0.05, 0) is 25.7 Å². The van der Waals surface area contributed by atoms with Crippen molar-refractivity contribution in [3.8, 4) is 0 Å². The molecule has 20 heavy (non-hydrogen) atoms. The third-order valence-corrected chi connectivity index (χ3v) is 4.95. The van der Waals surface area contributed by atoms with Crippen LogP contribution in [-0.2, 0) is 14.8 Å². The molecule has 0 bridgehead atoms. The third kappa shape index (κ3) is 3.17. The number of aromatic carboxylic acids is 1. The Kier molecular flexibility index (Phi) is 4.41. The summed E-state index contributed by atoms with van der Waals surface area (Å²) in [4.78, 5) is 10.9. The molecule has 1 atom stereocenters. The summed E-state index contributed by atoms with van der Waals surface area (Å²) < 4.78 is 32.1. The fourth-order valence-electron chi connectivity index (χ4n) is 2.25. The number of aromatic amines is 1. The van der Waals surface area contributed by atoms with E-state index in [1.165, 1.54) is 0 Å². The summed E-state index contributed by atoms with van der Waals surface area (Å²) in [5.41, 5.74) is -0.364. The van der Waals surface area contributed by atoms with Crippen LogP contribution in [0.4, 0.5) is 0 Å². The summed E-state index contributed by atoms with van der Waals surface area (Å²) in [6.07, 6.45) is 2.53. The molecule has 0 radical (unpaired) electrons. The number of carboxylic acids is 1. The Balaban J connectivity index is 2.14. The van der Waals surface area contributed by atoms with Crippen molar-refractivity contribution in [2.45, 2.75) is 30.8 Å². The highest BCUT2D eigenvalue weighted by atomic mass is 32.2. The molecule has 1 unspecified atom stereocenters. The molecule has 1 aliphatic heterocycles. The number of aromatic nitrogens is 2. The van der Waals surface area contributed by atoms with Crippen LogP contribution in [0.25, 0.3) is 0 Å². The Bertz CT molecular complexity index is 577. The summed E-state index contributed by atoms with van der Waals surface area (Å²) in [5.74, 6) is -1.16. The molecule has 3 N–H and O–H groups in total. The van der Waals surface area contributed by atoms with E-state index >= 15 is 0 Å². The van der Waals surface area contributed by atoms with Crippen LogP contribution in [0.2, 0.25) is 0 Å². The molecule has 0 aromatic carbocycles. The maximum Gasteiger partial charge on any atom is 0.340 e. The second kappa shape index (κ2) is 5.90. The van der Waals surface area contributed by atoms with Crippen LogP contribution in [0.1, 0.15) is 30.1 Å². The molecule has 112 valence electrons. The van der Waals surface area contributed by atoms with E-state index in [0.717, 1.165) is 19.0 Å². The predicted octanol–water partition coefficient (Wildman–Crippen LogP) is 0.201. The normalized spacial score (nSPS) is 18.9. The molecule has 2 heterocycles. The van der Waals surface area contributed by atoms with Gasteiger partial charge in [-0.2, -0.15) is 5.10 Å². The van der Waals surface area contributed by atoms with Crippen LogP contribution in [0.15, 0.2) is 11.2 Å². The lowest BCUT2D eigenvalue weighted by molar-refractivity contribution is 0.0585. The second-order valence-electron chi connectivity index (χ2n) is 4.78. The summed E-state index contributed by atoms with van der Waals surface area (Å²) >= 11 is 0. The van der Waals surface area contributed by atoms with E-state index in [1.807, 2.05) is 0 Å². The minimum absolute atomic E-state index is 0.176. The van der Waals surface area contributed by atoms with Gasteiger partial charge in [-0.3, -0.25) is 5.10 Å². The topological polar surface area (TPSA) is 121 Å². The number of hydrogen-bond donors (Lipinski definition) is 3. The lowest BCUT2D eigenvalue weighted by Gasteiger charge is -2.28. The average Bonchev–Trinajstić information content (AvgIpc) is 2.89. The van der Waals surface area contributed by atoms with Crippen molar-refractivity contribution in [3.05, 3.63) is 11.8 Å². The van der Waals surface area contributed by atoms with Gasteiger partial charge in [0.15, 0.2) is 5.03 Å². The number of carboxylic acid groups (broad SMARTS) is 1. The molecule has 1 fully saturated rings. The highest BCUT2D eigenvalue weighted by Crippen LogP contribution is 2.20. The minimum atomic E-state index is -3.93. The Labute approximate surface area is 116 Å². The number of nitrogens with zero attached hydrogens (tertiary/aromatic N) is 1. The molecular formula is C11H17N3O5S.